The Morgan fingerprint density at radius 3 is 3.06 bits per heavy atom. The normalized spacial score (nSPS) is 9.94. The van der Waals surface area contributed by atoms with Gasteiger partial charge in [0.2, 0.25) is 0 Å². The van der Waals surface area contributed by atoms with Crippen LogP contribution in [0.4, 0.5) is 5.82 Å². The molecule has 0 fully saturated rings. The van der Waals surface area contributed by atoms with Crippen molar-refractivity contribution in [2.75, 3.05) is 31.7 Å². The van der Waals surface area contributed by atoms with Gasteiger partial charge in [-0.2, -0.15) is 5.26 Å². The molecule has 1 aromatic heterocycles. The molecule has 0 amide bonds. The Kier molecular flexibility index (Phi) is 5.46. The number of aromatic nitrogens is 2. The molecule has 0 atom stereocenters. The van der Waals surface area contributed by atoms with Gasteiger partial charge in [0, 0.05) is 20.2 Å². The van der Waals surface area contributed by atoms with E-state index in [9.17, 15) is 4.79 Å². The summed E-state index contributed by atoms with van der Waals surface area (Å²) in [6.45, 7) is 1.45. The van der Waals surface area contributed by atoms with Crippen LogP contribution in [0.25, 0.3) is 0 Å². The highest BCUT2D eigenvalue weighted by Crippen LogP contribution is 2.18. The smallest absolute Gasteiger partial charge is 0.271 e. The van der Waals surface area contributed by atoms with Gasteiger partial charge in [-0.25, -0.2) is 4.98 Å². The predicted molar refractivity (Wildman–Crippen MR) is 64.2 cm³/mol. The molecule has 1 heterocycles. The van der Waals surface area contributed by atoms with E-state index in [1.807, 2.05) is 6.07 Å². The van der Waals surface area contributed by atoms with Gasteiger partial charge in [-0.1, -0.05) is 11.6 Å². The van der Waals surface area contributed by atoms with E-state index in [0.717, 1.165) is 0 Å². The molecular weight excluding hydrogens is 244 g/mol. The Hall–Kier alpha value is -1.58. The van der Waals surface area contributed by atoms with Crippen LogP contribution in [0.5, 0.6) is 0 Å². The number of halogens is 1. The standard InChI is InChI=1S/C10H13ClN4O2/c1-17-6-5-15(4-2-3-12)9-8(11)10(16)14-7-13-9/h7H,2,4-6H2,1H3,(H,13,14,16). The molecule has 0 bridgehead atoms. The van der Waals surface area contributed by atoms with E-state index in [2.05, 4.69) is 9.97 Å². The summed E-state index contributed by atoms with van der Waals surface area (Å²) in [5.74, 6) is 0.378. The van der Waals surface area contributed by atoms with Crippen LogP contribution in [-0.2, 0) is 4.74 Å². The Morgan fingerprint density at radius 2 is 2.41 bits per heavy atom. The van der Waals surface area contributed by atoms with Crippen LogP contribution in [0.2, 0.25) is 5.02 Å². The predicted octanol–water partition coefficient (Wildman–Crippen LogP) is 0.790. The number of hydrogen-bond acceptors (Lipinski definition) is 5. The Balaban J connectivity index is 2.91. The topological polar surface area (TPSA) is 82.0 Å². The third-order valence-corrected chi connectivity index (χ3v) is 2.48. The molecule has 0 aliphatic rings. The average molecular weight is 257 g/mol. The SMILES string of the molecule is COCCN(CCC#N)c1nc[nH]c(=O)c1Cl. The molecule has 0 spiro atoms. The first-order valence-corrected chi connectivity index (χ1v) is 5.42. The third kappa shape index (κ3) is 3.73. The summed E-state index contributed by atoms with van der Waals surface area (Å²) < 4.78 is 4.96. The second-order valence-corrected chi connectivity index (χ2v) is 3.64. The van der Waals surface area contributed by atoms with Crippen LogP contribution in [-0.4, -0.2) is 36.8 Å². The Labute approximate surface area is 104 Å². The molecule has 92 valence electrons. The highest BCUT2D eigenvalue weighted by molar-refractivity contribution is 6.32. The number of anilines is 1. The van der Waals surface area contributed by atoms with Crippen LogP contribution in [0.1, 0.15) is 6.42 Å². The largest absolute Gasteiger partial charge is 0.383 e. The molecule has 1 rings (SSSR count). The summed E-state index contributed by atoms with van der Waals surface area (Å²) in [6.07, 6.45) is 1.62. The number of hydrogen-bond donors (Lipinski definition) is 1. The maximum atomic E-state index is 11.3. The zero-order valence-electron chi connectivity index (χ0n) is 9.44. The van der Waals surface area contributed by atoms with Crippen LogP contribution in [0.3, 0.4) is 0 Å². The molecule has 7 heteroatoms. The lowest BCUT2D eigenvalue weighted by molar-refractivity contribution is 0.205. The van der Waals surface area contributed by atoms with Crippen molar-refractivity contribution in [1.29, 1.82) is 5.26 Å². The summed E-state index contributed by atoms with van der Waals surface area (Å²) in [5.41, 5.74) is -0.393. The van der Waals surface area contributed by atoms with Crippen molar-refractivity contribution < 1.29 is 4.74 Å². The molecule has 0 aliphatic carbocycles. The van der Waals surface area contributed by atoms with E-state index in [0.29, 0.717) is 31.9 Å². The van der Waals surface area contributed by atoms with Crippen LogP contribution >= 0.6 is 11.6 Å². The van der Waals surface area contributed by atoms with Crippen molar-refractivity contribution >= 4 is 17.4 Å². The van der Waals surface area contributed by atoms with Gasteiger partial charge in [-0.15, -0.1) is 0 Å². The highest BCUT2D eigenvalue weighted by Gasteiger charge is 2.13. The zero-order chi connectivity index (χ0) is 12.7. The summed E-state index contributed by atoms with van der Waals surface area (Å²) in [5, 5.41) is 8.61. The maximum Gasteiger partial charge on any atom is 0.271 e. The van der Waals surface area contributed by atoms with Crippen LogP contribution in [0.15, 0.2) is 11.1 Å². The number of nitrogens with one attached hydrogen (secondary N) is 1. The second kappa shape index (κ2) is 6.89. The number of aromatic amines is 1. The molecule has 17 heavy (non-hydrogen) atoms. The Bertz CT molecular complexity index is 454. The van der Waals surface area contributed by atoms with E-state index in [1.165, 1.54) is 6.33 Å². The van der Waals surface area contributed by atoms with Crippen LogP contribution in [0, 0.1) is 11.3 Å². The van der Waals surface area contributed by atoms with E-state index in [1.54, 1.807) is 12.0 Å². The number of nitrogens with zero attached hydrogens (tertiary/aromatic N) is 3. The quantitative estimate of drug-likeness (QED) is 0.814. The molecule has 0 unspecified atom stereocenters. The first-order chi connectivity index (χ1) is 8.20. The number of ether oxygens (including phenoxy) is 1. The molecule has 0 aliphatic heterocycles. The molecule has 1 aromatic rings. The van der Waals surface area contributed by atoms with Crippen molar-refractivity contribution in [2.24, 2.45) is 0 Å². The second-order valence-electron chi connectivity index (χ2n) is 3.26. The number of nitriles is 1. The van der Waals surface area contributed by atoms with Gasteiger partial charge in [0.05, 0.1) is 25.4 Å². The minimum Gasteiger partial charge on any atom is -0.383 e. The molecule has 6 nitrogen and oxygen atoms in total. The first-order valence-electron chi connectivity index (χ1n) is 5.04. The summed E-state index contributed by atoms with van der Waals surface area (Å²) >= 11 is 5.87. The number of H-pyrrole nitrogens is 1. The number of rotatable bonds is 6. The van der Waals surface area contributed by atoms with Gasteiger partial charge in [0.25, 0.3) is 5.56 Å². The molecule has 0 radical (unpaired) electrons. The first kappa shape index (κ1) is 13.5. The van der Waals surface area contributed by atoms with Crippen LogP contribution < -0.4 is 10.5 Å². The van der Waals surface area contributed by atoms with Crippen molar-refractivity contribution in [3.8, 4) is 6.07 Å². The van der Waals surface area contributed by atoms with E-state index < -0.39 is 5.56 Å². The van der Waals surface area contributed by atoms with Gasteiger partial charge in [0.15, 0.2) is 5.82 Å². The van der Waals surface area contributed by atoms with Gasteiger partial charge < -0.3 is 14.6 Å². The molecule has 0 aromatic carbocycles. The lowest BCUT2D eigenvalue weighted by atomic mass is 10.3. The minimum absolute atomic E-state index is 0.0292. The van der Waals surface area contributed by atoms with Gasteiger partial charge in [-0.05, 0) is 0 Å². The molecule has 0 saturated heterocycles. The molecule has 0 saturated carbocycles. The average Bonchev–Trinajstić information content (AvgIpc) is 2.34. The van der Waals surface area contributed by atoms with Crippen molar-refractivity contribution in [3.05, 3.63) is 21.7 Å². The van der Waals surface area contributed by atoms with Gasteiger partial charge >= 0.3 is 0 Å². The zero-order valence-corrected chi connectivity index (χ0v) is 10.2. The lowest BCUT2D eigenvalue weighted by Crippen LogP contribution is -2.30. The summed E-state index contributed by atoms with van der Waals surface area (Å²) in [4.78, 5) is 19.5. The maximum absolute atomic E-state index is 11.3. The van der Waals surface area contributed by atoms with E-state index in [-0.39, 0.29) is 5.02 Å². The summed E-state index contributed by atoms with van der Waals surface area (Å²) in [6, 6.07) is 2.04. The third-order valence-electron chi connectivity index (χ3n) is 2.14. The fourth-order valence-corrected chi connectivity index (χ4v) is 1.53. The fourth-order valence-electron chi connectivity index (χ4n) is 1.30. The van der Waals surface area contributed by atoms with Crippen molar-refractivity contribution in [1.82, 2.24) is 9.97 Å². The van der Waals surface area contributed by atoms with E-state index >= 15 is 0 Å². The summed E-state index contributed by atoms with van der Waals surface area (Å²) in [7, 11) is 1.58. The number of methoxy groups -OCH3 is 1. The lowest BCUT2D eigenvalue weighted by Gasteiger charge is -2.22. The molecular formula is C10H13ClN4O2. The van der Waals surface area contributed by atoms with Gasteiger partial charge in [-0.3, -0.25) is 4.79 Å². The van der Waals surface area contributed by atoms with E-state index in [4.69, 9.17) is 21.6 Å². The molecule has 1 N–H and O–H groups in total. The monoisotopic (exact) mass is 256 g/mol. The van der Waals surface area contributed by atoms with Gasteiger partial charge in [0.1, 0.15) is 5.02 Å². The Morgan fingerprint density at radius 1 is 1.65 bits per heavy atom. The highest BCUT2D eigenvalue weighted by atomic mass is 35.5. The minimum atomic E-state index is -0.393. The van der Waals surface area contributed by atoms with Crippen molar-refractivity contribution in [2.45, 2.75) is 6.42 Å². The van der Waals surface area contributed by atoms with Crippen molar-refractivity contribution in [3.63, 3.8) is 0 Å². The fraction of sp³-hybridized carbons (Fsp3) is 0.500.